The number of esters is 1. The smallest absolute Gasteiger partial charge is 0.335 e. The first-order valence-electron chi connectivity index (χ1n) is 10.2. The lowest BCUT2D eigenvalue weighted by Gasteiger charge is -2.44. The van der Waals surface area contributed by atoms with E-state index in [4.69, 9.17) is 9.84 Å². The van der Waals surface area contributed by atoms with E-state index in [0.717, 1.165) is 38.0 Å². The molecule has 7 heteroatoms. The van der Waals surface area contributed by atoms with E-state index >= 15 is 0 Å². The molecule has 2 aromatic rings. The van der Waals surface area contributed by atoms with Gasteiger partial charge in [-0.25, -0.2) is 14.0 Å². The molecular weight excluding hydrogens is 387 g/mol. The lowest BCUT2D eigenvalue weighted by Crippen LogP contribution is -2.52. The van der Waals surface area contributed by atoms with Crippen molar-refractivity contribution in [3.05, 3.63) is 71.0 Å². The lowest BCUT2D eigenvalue weighted by atomic mass is 9.86. The summed E-state index contributed by atoms with van der Waals surface area (Å²) in [4.78, 5) is 26.4. The average molecular weight is 412 g/mol. The molecule has 3 fully saturated rings. The number of hydrogen-bond donors (Lipinski definition) is 2. The monoisotopic (exact) mass is 412 g/mol. The van der Waals surface area contributed by atoms with Gasteiger partial charge in [0, 0.05) is 13.1 Å². The Bertz CT molecular complexity index is 910. The Hall–Kier alpha value is -2.77. The SMILES string of the molecule is O=C(O)c1ccc(CNC(C(=O)O[C@H]2CN3CCC2CC3)c2cccc(F)c2)cc1. The third-order valence-electron chi connectivity index (χ3n) is 5.99. The number of carbonyl (C=O) groups excluding carboxylic acids is 1. The summed E-state index contributed by atoms with van der Waals surface area (Å²) < 4.78 is 19.7. The normalized spacial score (nSPS) is 23.7. The number of fused-ring (bicyclic) bond motifs is 3. The molecule has 0 radical (unpaired) electrons. The third-order valence-corrected chi connectivity index (χ3v) is 5.99. The molecule has 5 rings (SSSR count). The summed E-state index contributed by atoms with van der Waals surface area (Å²) in [6, 6.07) is 11.6. The summed E-state index contributed by atoms with van der Waals surface area (Å²) in [5.74, 6) is -1.44. The van der Waals surface area contributed by atoms with Crippen LogP contribution < -0.4 is 5.32 Å². The average Bonchev–Trinajstić information content (AvgIpc) is 2.75. The van der Waals surface area contributed by atoms with Crippen LogP contribution in [0, 0.1) is 11.7 Å². The largest absolute Gasteiger partial charge is 0.478 e. The van der Waals surface area contributed by atoms with Crippen molar-refractivity contribution in [3.8, 4) is 0 Å². The minimum atomic E-state index is -0.992. The molecule has 1 unspecified atom stereocenters. The summed E-state index contributed by atoms with van der Waals surface area (Å²) in [7, 11) is 0. The van der Waals surface area contributed by atoms with Crippen LogP contribution in [0.3, 0.4) is 0 Å². The van der Waals surface area contributed by atoms with Gasteiger partial charge in [0.25, 0.3) is 0 Å². The van der Waals surface area contributed by atoms with E-state index in [1.165, 1.54) is 24.3 Å². The maximum atomic E-state index is 13.8. The lowest BCUT2D eigenvalue weighted by molar-refractivity contribution is -0.161. The molecule has 2 aromatic carbocycles. The number of carboxylic acids is 1. The van der Waals surface area contributed by atoms with Crippen LogP contribution in [0.4, 0.5) is 4.39 Å². The zero-order valence-electron chi connectivity index (χ0n) is 16.6. The maximum absolute atomic E-state index is 13.8. The van der Waals surface area contributed by atoms with Gasteiger partial charge in [0.05, 0.1) is 5.56 Å². The van der Waals surface area contributed by atoms with Crippen LogP contribution in [0.25, 0.3) is 0 Å². The van der Waals surface area contributed by atoms with Crippen LogP contribution in [0.2, 0.25) is 0 Å². The van der Waals surface area contributed by atoms with Crippen LogP contribution in [-0.4, -0.2) is 47.7 Å². The fourth-order valence-corrected chi connectivity index (χ4v) is 4.27. The molecule has 158 valence electrons. The van der Waals surface area contributed by atoms with Gasteiger partial charge in [-0.05, 0) is 67.2 Å². The van der Waals surface area contributed by atoms with Gasteiger partial charge in [-0.2, -0.15) is 0 Å². The minimum absolute atomic E-state index is 0.132. The van der Waals surface area contributed by atoms with Gasteiger partial charge in [-0.1, -0.05) is 24.3 Å². The van der Waals surface area contributed by atoms with Crippen molar-refractivity contribution in [2.75, 3.05) is 19.6 Å². The molecule has 0 spiro atoms. The summed E-state index contributed by atoms with van der Waals surface area (Å²) in [5.41, 5.74) is 1.52. The quantitative estimate of drug-likeness (QED) is 0.681. The maximum Gasteiger partial charge on any atom is 0.335 e. The number of ether oxygens (including phenoxy) is 1. The number of nitrogens with one attached hydrogen (secondary N) is 1. The summed E-state index contributed by atoms with van der Waals surface area (Å²) >= 11 is 0. The van der Waals surface area contributed by atoms with Crippen molar-refractivity contribution in [3.63, 3.8) is 0 Å². The van der Waals surface area contributed by atoms with Gasteiger partial charge >= 0.3 is 11.9 Å². The second-order valence-electron chi connectivity index (χ2n) is 7.98. The Labute approximate surface area is 174 Å². The van der Waals surface area contributed by atoms with Crippen LogP contribution >= 0.6 is 0 Å². The van der Waals surface area contributed by atoms with Crippen molar-refractivity contribution in [1.82, 2.24) is 10.2 Å². The number of aromatic carboxylic acids is 1. The summed E-state index contributed by atoms with van der Waals surface area (Å²) in [6.07, 6.45) is 1.94. The molecule has 30 heavy (non-hydrogen) atoms. The first-order chi connectivity index (χ1) is 14.5. The fraction of sp³-hybridized carbons (Fsp3) is 0.391. The van der Waals surface area contributed by atoms with Crippen LogP contribution in [0.5, 0.6) is 0 Å². The number of nitrogens with zero attached hydrogens (tertiary/aromatic N) is 1. The topological polar surface area (TPSA) is 78.9 Å². The Morgan fingerprint density at radius 2 is 1.90 bits per heavy atom. The number of halogens is 1. The predicted molar refractivity (Wildman–Crippen MR) is 108 cm³/mol. The van der Waals surface area contributed by atoms with E-state index in [-0.39, 0.29) is 11.7 Å². The molecule has 0 aliphatic carbocycles. The van der Waals surface area contributed by atoms with E-state index in [1.807, 2.05) is 0 Å². The molecule has 0 amide bonds. The Balaban J connectivity index is 1.47. The highest BCUT2D eigenvalue weighted by Crippen LogP contribution is 2.30. The van der Waals surface area contributed by atoms with E-state index in [1.54, 1.807) is 24.3 Å². The summed E-state index contributed by atoms with van der Waals surface area (Å²) in [5, 5.41) is 12.2. The van der Waals surface area contributed by atoms with Crippen LogP contribution in [0.1, 0.15) is 40.4 Å². The molecule has 3 saturated heterocycles. The minimum Gasteiger partial charge on any atom is -0.478 e. The second kappa shape index (κ2) is 8.93. The highest BCUT2D eigenvalue weighted by atomic mass is 19.1. The predicted octanol–water partition coefficient (Wildman–Crippen LogP) is 2.99. The van der Waals surface area contributed by atoms with Crippen LogP contribution in [-0.2, 0) is 16.1 Å². The van der Waals surface area contributed by atoms with Crippen molar-refractivity contribution >= 4 is 11.9 Å². The van der Waals surface area contributed by atoms with Gasteiger partial charge in [-0.15, -0.1) is 0 Å². The number of carboxylic acid groups (broad SMARTS) is 1. The van der Waals surface area contributed by atoms with E-state index < -0.39 is 23.8 Å². The number of hydrogen-bond acceptors (Lipinski definition) is 5. The Morgan fingerprint density at radius 3 is 2.50 bits per heavy atom. The van der Waals surface area contributed by atoms with E-state index in [0.29, 0.717) is 18.0 Å². The number of carbonyl (C=O) groups is 2. The molecule has 2 atom stereocenters. The van der Waals surface area contributed by atoms with Crippen molar-refractivity contribution in [1.29, 1.82) is 0 Å². The van der Waals surface area contributed by atoms with Gasteiger partial charge in [0.2, 0.25) is 0 Å². The molecule has 2 N–H and O–H groups in total. The molecule has 6 nitrogen and oxygen atoms in total. The molecule has 3 aliphatic rings. The molecule has 2 bridgehead atoms. The molecule has 3 heterocycles. The highest BCUT2D eigenvalue weighted by Gasteiger charge is 2.37. The van der Waals surface area contributed by atoms with Crippen molar-refractivity contribution in [2.24, 2.45) is 5.92 Å². The van der Waals surface area contributed by atoms with Gasteiger partial charge < -0.3 is 9.84 Å². The standard InChI is InChI=1S/C23H25FN2O4/c24-19-3-1-2-18(12-19)21(25-13-15-4-6-17(7-5-15)22(27)28)23(29)30-20-14-26-10-8-16(20)9-11-26/h1-7,12,16,20-21,25H,8-11,13-14H2,(H,27,28)/t20-,21?/m0/s1. The van der Waals surface area contributed by atoms with Crippen LogP contribution in [0.15, 0.2) is 48.5 Å². The summed E-state index contributed by atoms with van der Waals surface area (Å²) in [6.45, 7) is 3.17. The molecule has 0 aromatic heterocycles. The zero-order chi connectivity index (χ0) is 21.1. The molecular formula is C23H25FN2O4. The Morgan fingerprint density at radius 1 is 1.17 bits per heavy atom. The molecule has 3 aliphatic heterocycles. The number of benzene rings is 2. The first kappa shape index (κ1) is 20.5. The fourth-order valence-electron chi connectivity index (χ4n) is 4.27. The molecule has 0 saturated carbocycles. The zero-order valence-corrected chi connectivity index (χ0v) is 16.6. The second-order valence-corrected chi connectivity index (χ2v) is 7.98. The van der Waals surface area contributed by atoms with E-state index in [2.05, 4.69) is 10.2 Å². The number of piperidine rings is 3. The van der Waals surface area contributed by atoms with Gasteiger partial charge in [0.15, 0.2) is 0 Å². The highest BCUT2D eigenvalue weighted by molar-refractivity contribution is 5.87. The third kappa shape index (κ3) is 4.68. The van der Waals surface area contributed by atoms with Crippen molar-refractivity contribution < 1.29 is 23.8 Å². The first-order valence-corrected chi connectivity index (χ1v) is 10.2. The number of rotatable bonds is 7. The van der Waals surface area contributed by atoms with Crippen molar-refractivity contribution in [2.45, 2.75) is 31.5 Å². The van der Waals surface area contributed by atoms with Gasteiger partial charge in [0.1, 0.15) is 18.0 Å². The van der Waals surface area contributed by atoms with Gasteiger partial charge in [-0.3, -0.25) is 10.2 Å². The van der Waals surface area contributed by atoms with E-state index in [9.17, 15) is 14.0 Å². The Kier molecular flexibility index (Phi) is 6.11.